The van der Waals surface area contributed by atoms with Crippen LogP contribution in [0.4, 0.5) is 10.5 Å². The Hall–Kier alpha value is -2.04. The molecule has 1 aliphatic heterocycles. The highest BCUT2D eigenvalue weighted by molar-refractivity contribution is 5.90. The number of benzene rings is 1. The molecule has 2 N–H and O–H groups in total. The highest BCUT2D eigenvalue weighted by Gasteiger charge is 2.37. The van der Waals surface area contributed by atoms with E-state index in [1.807, 2.05) is 32.0 Å². The number of aryl methyl sites for hydroxylation is 2. The molecule has 1 heterocycles. The molecular weight excluding hydrogens is 256 g/mol. The first-order valence-electron chi connectivity index (χ1n) is 6.74. The fraction of sp³-hybridized carbons (Fsp3) is 0.467. The van der Waals surface area contributed by atoms with Crippen LogP contribution in [-0.2, 0) is 4.79 Å². The fourth-order valence-electron chi connectivity index (χ4n) is 2.45. The lowest BCUT2D eigenvalue weighted by molar-refractivity contribution is -0.144. The van der Waals surface area contributed by atoms with Gasteiger partial charge in [0.25, 0.3) is 0 Å². The maximum Gasteiger partial charge on any atom is 0.321 e. The summed E-state index contributed by atoms with van der Waals surface area (Å²) < 4.78 is 0. The van der Waals surface area contributed by atoms with E-state index in [0.29, 0.717) is 13.1 Å². The zero-order chi connectivity index (χ0) is 14.9. The van der Waals surface area contributed by atoms with E-state index in [2.05, 4.69) is 5.32 Å². The van der Waals surface area contributed by atoms with Crippen LogP contribution in [0.2, 0.25) is 0 Å². The van der Waals surface area contributed by atoms with Crippen LogP contribution in [0.3, 0.4) is 0 Å². The summed E-state index contributed by atoms with van der Waals surface area (Å²) in [6.45, 7) is 6.66. The van der Waals surface area contributed by atoms with Crippen molar-refractivity contribution in [2.24, 2.45) is 11.8 Å². The van der Waals surface area contributed by atoms with Crippen molar-refractivity contribution >= 4 is 17.7 Å². The van der Waals surface area contributed by atoms with Crippen molar-refractivity contribution in [3.8, 4) is 0 Å². The molecule has 0 aliphatic carbocycles. The highest BCUT2D eigenvalue weighted by Crippen LogP contribution is 2.25. The van der Waals surface area contributed by atoms with Gasteiger partial charge < -0.3 is 15.3 Å². The van der Waals surface area contributed by atoms with Gasteiger partial charge in [-0.3, -0.25) is 4.79 Å². The molecule has 0 saturated carbocycles. The summed E-state index contributed by atoms with van der Waals surface area (Å²) in [4.78, 5) is 24.5. The molecule has 1 unspecified atom stereocenters. The second-order valence-electron chi connectivity index (χ2n) is 5.60. The van der Waals surface area contributed by atoms with Crippen LogP contribution in [0.1, 0.15) is 18.1 Å². The van der Waals surface area contributed by atoms with Crippen LogP contribution in [0.25, 0.3) is 0 Å². The lowest BCUT2D eigenvalue weighted by atomic mass is 9.87. The molecule has 1 saturated heterocycles. The van der Waals surface area contributed by atoms with Gasteiger partial charge in [0.1, 0.15) is 0 Å². The Morgan fingerprint density at radius 1 is 1.25 bits per heavy atom. The van der Waals surface area contributed by atoms with Gasteiger partial charge in [0.2, 0.25) is 0 Å². The minimum absolute atomic E-state index is 0.0532. The Morgan fingerprint density at radius 2 is 1.80 bits per heavy atom. The number of hydrogen-bond acceptors (Lipinski definition) is 2. The van der Waals surface area contributed by atoms with Crippen LogP contribution >= 0.6 is 0 Å². The van der Waals surface area contributed by atoms with E-state index in [-0.39, 0.29) is 11.9 Å². The SMILES string of the molecule is Cc1cc(C)cc(NC(=O)N2CC(C(C)C(=O)O)C2)c1. The summed E-state index contributed by atoms with van der Waals surface area (Å²) in [7, 11) is 0. The van der Waals surface area contributed by atoms with Gasteiger partial charge in [-0.05, 0) is 37.1 Å². The Labute approximate surface area is 118 Å². The fourth-order valence-corrected chi connectivity index (χ4v) is 2.45. The largest absolute Gasteiger partial charge is 0.481 e. The van der Waals surface area contributed by atoms with Crippen molar-refractivity contribution in [2.45, 2.75) is 20.8 Å². The number of nitrogens with one attached hydrogen (secondary N) is 1. The lowest BCUT2D eigenvalue weighted by Crippen LogP contribution is -2.54. The lowest BCUT2D eigenvalue weighted by Gasteiger charge is -2.41. The average molecular weight is 276 g/mol. The van der Waals surface area contributed by atoms with Crippen LogP contribution < -0.4 is 5.32 Å². The van der Waals surface area contributed by atoms with Crippen LogP contribution in [-0.4, -0.2) is 35.1 Å². The third-order valence-corrected chi connectivity index (χ3v) is 3.77. The van der Waals surface area contributed by atoms with Gasteiger partial charge in [0.15, 0.2) is 0 Å². The number of anilines is 1. The first kappa shape index (κ1) is 14.4. The number of aliphatic carboxylic acids is 1. The maximum absolute atomic E-state index is 12.0. The van der Waals surface area contributed by atoms with E-state index in [9.17, 15) is 9.59 Å². The van der Waals surface area contributed by atoms with Crippen molar-refractivity contribution in [1.82, 2.24) is 4.90 Å². The van der Waals surface area contributed by atoms with Gasteiger partial charge in [-0.25, -0.2) is 4.79 Å². The number of carboxylic acid groups (broad SMARTS) is 1. The predicted molar refractivity (Wildman–Crippen MR) is 76.8 cm³/mol. The number of rotatable bonds is 3. The quantitative estimate of drug-likeness (QED) is 0.891. The Morgan fingerprint density at radius 3 is 2.30 bits per heavy atom. The minimum atomic E-state index is -0.802. The number of hydrogen-bond donors (Lipinski definition) is 2. The van der Waals surface area contributed by atoms with Crippen molar-refractivity contribution in [1.29, 1.82) is 0 Å². The zero-order valence-electron chi connectivity index (χ0n) is 12.0. The van der Waals surface area contributed by atoms with Gasteiger partial charge in [0, 0.05) is 24.7 Å². The monoisotopic (exact) mass is 276 g/mol. The Kier molecular flexibility index (Phi) is 3.97. The molecule has 1 aliphatic rings. The number of urea groups is 1. The van der Waals surface area contributed by atoms with E-state index >= 15 is 0 Å². The second kappa shape index (κ2) is 5.53. The number of amides is 2. The summed E-state index contributed by atoms with van der Waals surface area (Å²) >= 11 is 0. The Bertz CT molecular complexity index is 516. The van der Waals surface area contributed by atoms with Crippen molar-refractivity contribution in [3.05, 3.63) is 29.3 Å². The van der Waals surface area contributed by atoms with Crippen molar-refractivity contribution < 1.29 is 14.7 Å². The van der Waals surface area contributed by atoms with E-state index in [4.69, 9.17) is 5.11 Å². The molecule has 5 nitrogen and oxygen atoms in total. The number of nitrogens with zero attached hydrogens (tertiary/aromatic N) is 1. The predicted octanol–water partition coefficient (Wildman–Crippen LogP) is 2.49. The van der Waals surface area contributed by atoms with E-state index in [1.165, 1.54) is 0 Å². The molecule has 1 fully saturated rings. The Balaban J connectivity index is 1.90. The normalized spacial score (nSPS) is 16.4. The average Bonchev–Trinajstić information content (AvgIpc) is 2.24. The molecule has 1 atom stereocenters. The van der Waals surface area contributed by atoms with Gasteiger partial charge >= 0.3 is 12.0 Å². The molecule has 1 aromatic carbocycles. The molecule has 0 bridgehead atoms. The summed E-state index contributed by atoms with van der Waals surface area (Å²) in [5.41, 5.74) is 2.98. The molecule has 2 rings (SSSR count). The molecule has 20 heavy (non-hydrogen) atoms. The number of carbonyl (C=O) groups is 2. The third kappa shape index (κ3) is 3.10. The first-order valence-corrected chi connectivity index (χ1v) is 6.74. The van der Waals surface area contributed by atoms with Crippen molar-refractivity contribution in [3.63, 3.8) is 0 Å². The minimum Gasteiger partial charge on any atom is -0.481 e. The van der Waals surface area contributed by atoms with Gasteiger partial charge in [-0.1, -0.05) is 13.0 Å². The molecule has 0 aromatic heterocycles. The van der Waals surface area contributed by atoms with E-state index < -0.39 is 11.9 Å². The number of carboxylic acids is 1. The third-order valence-electron chi connectivity index (χ3n) is 3.77. The smallest absolute Gasteiger partial charge is 0.321 e. The van der Waals surface area contributed by atoms with E-state index in [0.717, 1.165) is 16.8 Å². The summed E-state index contributed by atoms with van der Waals surface area (Å²) in [5, 5.41) is 11.8. The molecule has 1 aromatic rings. The molecular formula is C15H20N2O3. The van der Waals surface area contributed by atoms with Crippen LogP contribution in [0.5, 0.6) is 0 Å². The van der Waals surface area contributed by atoms with Gasteiger partial charge in [-0.2, -0.15) is 0 Å². The maximum atomic E-state index is 12.0. The second-order valence-corrected chi connectivity index (χ2v) is 5.60. The zero-order valence-corrected chi connectivity index (χ0v) is 12.0. The summed E-state index contributed by atoms with van der Waals surface area (Å²) in [6.07, 6.45) is 0. The van der Waals surface area contributed by atoms with E-state index in [1.54, 1.807) is 11.8 Å². The molecule has 0 radical (unpaired) electrons. The first-order chi connectivity index (χ1) is 9.36. The standard InChI is InChI=1S/C15H20N2O3/c1-9-4-10(2)6-13(5-9)16-15(20)17-7-12(8-17)11(3)14(18)19/h4-6,11-12H,7-8H2,1-3H3,(H,16,20)(H,18,19). The molecule has 5 heteroatoms. The number of carbonyl (C=O) groups excluding carboxylic acids is 1. The van der Waals surface area contributed by atoms with Crippen molar-refractivity contribution in [2.75, 3.05) is 18.4 Å². The molecule has 2 amide bonds. The summed E-state index contributed by atoms with van der Waals surface area (Å²) in [5.74, 6) is -1.15. The van der Waals surface area contributed by atoms with Crippen LogP contribution in [0.15, 0.2) is 18.2 Å². The topological polar surface area (TPSA) is 69.6 Å². The number of likely N-dealkylation sites (tertiary alicyclic amines) is 1. The van der Waals surface area contributed by atoms with Gasteiger partial charge in [-0.15, -0.1) is 0 Å². The highest BCUT2D eigenvalue weighted by atomic mass is 16.4. The molecule has 0 spiro atoms. The summed E-state index contributed by atoms with van der Waals surface area (Å²) in [6, 6.07) is 5.72. The van der Waals surface area contributed by atoms with Gasteiger partial charge in [0.05, 0.1) is 5.92 Å². The van der Waals surface area contributed by atoms with Crippen LogP contribution in [0, 0.1) is 25.7 Å². The molecule has 108 valence electrons.